The number of ether oxygens (including phenoxy) is 1. The third-order valence-corrected chi connectivity index (χ3v) is 6.79. The molecule has 4 rings (SSSR count). The third kappa shape index (κ3) is 7.56. The molecule has 1 amide bonds. The first-order chi connectivity index (χ1) is 18.5. The zero-order chi connectivity index (χ0) is 28.2. The van der Waals surface area contributed by atoms with E-state index in [1.165, 1.54) is 12.1 Å². The van der Waals surface area contributed by atoms with Gasteiger partial charge in [-0.1, -0.05) is 0 Å². The summed E-state index contributed by atoms with van der Waals surface area (Å²) in [7, 11) is 0. The zero-order valence-corrected chi connectivity index (χ0v) is 21.4. The number of nitrogens with zero attached hydrogens (tertiary/aromatic N) is 4. The normalized spacial score (nSPS) is 16.4. The average Bonchev–Trinajstić information content (AvgIpc) is 3.23. The van der Waals surface area contributed by atoms with Gasteiger partial charge in [0.1, 0.15) is 10.8 Å². The number of hydrogen-bond acceptors (Lipinski definition) is 8. The van der Waals surface area contributed by atoms with E-state index < -0.39 is 30.0 Å². The van der Waals surface area contributed by atoms with Gasteiger partial charge in [-0.25, -0.2) is 23.1 Å². The number of halogens is 6. The first-order valence-electron chi connectivity index (χ1n) is 11.9. The molecule has 3 heterocycles. The van der Waals surface area contributed by atoms with E-state index in [0.29, 0.717) is 25.0 Å². The Kier molecular flexibility index (Phi) is 8.90. The number of carbonyl (C=O) groups is 1. The summed E-state index contributed by atoms with van der Waals surface area (Å²) in [6.45, 7) is 2.40. The molecule has 3 aromatic rings. The van der Waals surface area contributed by atoms with E-state index in [1.807, 2.05) is 0 Å². The number of alkyl halides is 5. The van der Waals surface area contributed by atoms with E-state index in [4.69, 9.17) is 4.74 Å². The molecule has 1 aliphatic heterocycles. The molecule has 2 N–H and O–H groups in total. The van der Waals surface area contributed by atoms with Crippen LogP contribution >= 0.6 is 11.5 Å². The van der Waals surface area contributed by atoms with Crippen molar-refractivity contribution in [2.24, 2.45) is 5.92 Å². The number of anilines is 3. The Hall–Kier alpha value is -3.46. The minimum Gasteiger partial charge on any atom is -0.490 e. The fourth-order valence-electron chi connectivity index (χ4n) is 4.12. The van der Waals surface area contributed by atoms with Crippen LogP contribution in [0.3, 0.4) is 0 Å². The average molecular weight is 575 g/mol. The van der Waals surface area contributed by atoms with E-state index >= 15 is 0 Å². The maximum absolute atomic E-state index is 14.4. The second-order valence-electron chi connectivity index (χ2n) is 8.95. The number of aryl methyl sites for hydroxylation is 1. The molecule has 210 valence electrons. The van der Waals surface area contributed by atoms with Crippen LogP contribution in [0.25, 0.3) is 0 Å². The van der Waals surface area contributed by atoms with Gasteiger partial charge in [0.2, 0.25) is 0 Å². The molecular formula is C24H24F6N6O2S. The van der Waals surface area contributed by atoms with E-state index in [9.17, 15) is 31.1 Å². The number of amides is 1. The quantitative estimate of drug-likeness (QED) is 0.315. The second kappa shape index (κ2) is 12.2. The summed E-state index contributed by atoms with van der Waals surface area (Å²) in [4.78, 5) is 21.7. The Bertz CT molecular complexity index is 1290. The minimum atomic E-state index is -4.64. The lowest BCUT2D eigenvalue weighted by molar-refractivity contribution is -0.141. The highest BCUT2D eigenvalue weighted by Crippen LogP contribution is 2.31. The fourth-order valence-corrected chi connectivity index (χ4v) is 4.92. The molecule has 0 unspecified atom stereocenters. The number of hydrogen-bond donors (Lipinski definition) is 2. The Morgan fingerprint density at radius 3 is 2.74 bits per heavy atom. The largest absolute Gasteiger partial charge is 0.490 e. The molecule has 0 spiro atoms. The van der Waals surface area contributed by atoms with Gasteiger partial charge in [0, 0.05) is 24.2 Å². The SMILES string of the molecule is Cc1nsc(Nc2cnc(C(F)(F)F)cn2)c1C(=O)Nc1ccc(F)c(OC[C@H]2CCCN(CC(F)F)C2)c1. The predicted octanol–water partition coefficient (Wildman–Crippen LogP) is 5.75. The topological polar surface area (TPSA) is 92.3 Å². The van der Waals surface area contributed by atoms with Gasteiger partial charge in [-0.2, -0.15) is 17.5 Å². The predicted molar refractivity (Wildman–Crippen MR) is 132 cm³/mol. The van der Waals surface area contributed by atoms with E-state index in [-0.39, 0.29) is 46.9 Å². The number of aromatic nitrogens is 3. The molecule has 0 radical (unpaired) electrons. The van der Waals surface area contributed by atoms with Crippen LogP contribution < -0.4 is 15.4 Å². The monoisotopic (exact) mass is 574 g/mol. The number of piperidine rings is 1. The van der Waals surface area contributed by atoms with Crippen LogP contribution in [0.1, 0.15) is 34.6 Å². The number of carbonyl (C=O) groups excluding carboxylic acids is 1. The lowest BCUT2D eigenvalue weighted by Gasteiger charge is -2.32. The summed E-state index contributed by atoms with van der Waals surface area (Å²) >= 11 is 0.905. The summed E-state index contributed by atoms with van der Waals surface area (Å²) in [5.74, 6) is -1.41. The van der Waals surface area contributed by atoms with Gasteiger partial charge < -0.3 is 15.4 Å². The summed E-state index contributed by atoms with van der Waals surface area (Å²) in [6, 6.07) is 3.79. The van der Waals surface area contributed by atoms with Crippen molar-refractivity contribution in [1.29, 1.82) is 0 Å². The summed E-state index contributed by atoms with van der Waals surface area (Å²) in [5.41, 5.74) is -0.459. The molecule has 1 fully saturated rings. The van der Waals surface area contributed by atoms with Crippen molar-refractivity contribution in [2.45, 2.75) is 32.4 Å². The Labute approximate surface area is 223 Å². The Morgan fingerprint density at radius 2 is 2.05 bits per heavy atom. The summed E-state index contributed by atoms with van der Waals surface area (Å²) < 4.78 is 87.8. The van der Waals surface area contributed by atoms with Crippen LogP contribution in [-0.4, -0.2) is 57.8 Å². The molecule has 0 saturated carbocycles. The van der Waals surface area contributed by atoms with E-state index in [1.54, 1.807) is 11.8 Å². The van der Waals surface area contributed by atoms with Crippen LogP contribution in [0, 0.1) is 18.7 Å². The molecule has 15 heteroatoms. The van der Waals surface area contributed by atoms with Gasteiger partial charge in [-0.15, -0.1) is 0 Å². The summed E-state index contributed by atoms with van der Waals surface area (Å²) in [6.07, 6.45) is -4.10. The molecule has 8 nitrogen and oxygen atoms in total. The van der Waals surface area contributed by atoms with Crippen molar-refractivity contribution in [3.05, 3.63) is 53.4 Å². The molecule has 2 aromatic heterocycles. The van der Waals surface area contributed by atoms with Crippen LogP contribution in [0.2, 0.25) is 0 Å². The van der Waals surface area contributed by atoms with Crippen LogP contribution in [-0.2, 0) is 6.18 Å². The smallest absolute Gasteiger partial charge is 0.434 e. The van der Waals surface area contributed by atoms with Crippen molar-refractivity contribution in [2.75, 3.05) is 36.9 Å². The van der Waals surface area contributed by atoms with Crippen LogP contribution in [0.5, 0.6) is 5.75 Å². The highest BCUT2D eigenvalue weighted by Gasteiger charge is 2.33. The van der Waals surface area contributed by atoms with Crippen molar-refractivity contribution in [1.82, 2.24) is 19.2 Å². The number of rotatable bonds is 9. The first-order valence-corrected chi connectivity index (χ1v) is 12.6. The molecule has 0 bridgehead atoms. The number of benzene rings is 1. The Morgan fingerprint density at radius 1 is 1.26 bits per heavy atom. The van der Waals surface area contributed by atoms with Gasteiger partial charge in [0.15, 0.2) is 17.3 Å². The lowest BCUT2D eigenvalue weighted by Crippen LogP contribution is -2.40. The molecule has 1 aromatic carbocycles. The van der Waals surface area contributed by atoms with E-state index in [2.05, 4.69) is 25.0 Å². The Balaban J connectivity index is 1.41. The third-order valence-electron chi connectivity index (χ3n) is 5.94. The van der Waals surface area contributed by atoms with Crippen molar-refractivity contribution in [3.63, 3.8) is 0 Å². The van der Waals surface area contributed by atoms with Crippen molar-refractivity contribution in [3.8, 4) is 5.75 Å². The second-order valence-corrected chi connectivity index (χ2v) is 9.72. The number of likely N-dealkylation sites (tertiary alicyclic amines) is 1. The van der Waals surface area contributed by atoms with Crippen molar-refractivity contribution >= 4 is 33.9 Å². The van der Waals surface area contributed by atoms with Gasteiger partial charge >= 0.3 is 6.18 Å². The standard InChI is InChI=1S/C24H24F6N6O2S/c1-13-21(23(39-35-13)34-20-9-31-18(8-32-20)24(28,29)30)22(37)33-15-4-5-16(25)17(7-15)38-12-14-3-2-6-36(10-14)11-19(26)27/h4-5,7-9,14,19H,2-3,6,10-12H2,1H3,(H,32,34)(H,33,37)/t14-/m0/s1. The maximum Gasteiger partial charge on any atom is 0.434 e. The zero-order valence-electron chi connectivity index (χ0n) is 20.6. The van der Waals surface area contributed by atoms with Gasteiger partial charge in [0.25, 0.3) is 12.3 Å². The highest BCUT2D eigenvalue weighted by atomic mass is 32.1. The molecule has 1 saturated heterocycles. The van der Waals surface area contributed by atoms with Crippen molar-refractivity contribution < 1.29 is 35.9 Å². The maximum atomic E-state index is 14.4. The van der Waals surface area contributed by atoms with Gasteiger partial charge in [-0.3, -0.25) is 9.69 Å². The lowest BCUT2D eigenvalue weighted by atomic mass is 9.99. The highest BCUT2D eigenvalue weighted by molar-refractivity contribution is 7.10. The molecule has 1 aliphatic rings. The van der Waals surface area contributed by atoms with Gasteiger partial charge in [0.05, 0.1) is 36.8 Å². The molecule has 39 heavy (non-hydrogen) atoms. The first kappa shape index (κ1) is 28.5. The molecule has 1 atom stereocenters. The van der Waals surface area contributed by atoms with Crippen LogP contribution in [0.15, 0.2) is 30.6 Å². The van der Waals surface area contributed by atoms with Gasteiger partial charge in [-0.05, 0) is 50.0 Å². The molecular weight excluding hydrogens is 550 g/mol. The minimum absolute atomic E-state index is 0.0204. The summed E-state index contributed by atoms with van der Waals surface area (Å²) in [5, 5.41) is 5.61. The molecule has 0 aliphatic carbocycles. The number of nitrogens with one attached hydrogen (secondary N) is 2. The van der Waals surface area contributed by atoms with E-state index in [0.717, 1.165) is 36.6 Å². The fraction of sp³-hybridized carbons (Fsp3) is 0.417. The van der Waals surface area contributed by atoms with Crippen LogP contribution in [0.4, 0.5) is 42.8 Å².